The largest absolute Gasteiger partial charge is 0.496 e. The van der Waals surface area contributed by atoms with E-state index >= 15 is 0 Å². The van der Waals surface area contributed by atoms with E-state index in [0.717, 1.165) is 25.7 Å². The molecule has 3 nitrogen and oxygen atoms in total. The Morgan fingerprint density at radius 3 is 2.60 bits per heavy atom. The lowest BCUT2D eigenvalue weighted by Gasteiger charge is -2.37. The molecule has 2 fully saturated rings. The van der Waals surface area contributed by atoms with E-state index in [9.17, 15) is 4.79 Å². The van der Waals surface area contributed by atoms with Crippen molar-refractivity contribution < 1.29 is 9.53 Å². The molecule has 0 aliphatic carbocycles. The van der Waals surface area contributed by atoms with Crippen molar-refractivity contribution in [1.29, 1.82) is 0 Å². The zero-order chi connectivity index (χ0) is 14.3. The van der Waals surface area contributed by atoms with Crippen LogP contribution in [0.25, 0.3) is 0 Å². The molecule has 3 rings (SSSR count). The zero-order valence-corrected chi connectivity index (χ0v) is 13.7. The van der Waals surface area contributed by atoms with Crippen molar-refractivity contribution in [1.82, 2.24) is 4.90 Å². The number of fused-ring (bicyclic) bond motifs is 2. The van der Waals surface area contributed by atoms with Gasteiger partial charge in [0, 0.05) is 21.9 Å². The minimum Gasteiger partial charge on any atom is -0.496 e. The SMILES string of the molecule is COc1ccc(Cl)cc1C(=O)N1C2CCC1CC(Br)C2. The molecule has 1 aromatic rings. The minimum atomic E-state index is 0.0521. The number of piperidine rings is 1. The fourth-order valence-corrected chi connectivity index (χ4v) is 4.46. The summed E-state index contributed by atoms with van der Waals surface area (Å²) in [5, 5.41) is 0.567. The molecule has 2 unspecified atom stereocenters. The van der Waals surface area contributed by atoms with Gasteiger partial charge < -0.3 is 9.64 Å². The highest BCUT2D eigenvalue weighted by atomic mass is 79.9. The maximum absolute atomic E-state index is 12.9. The Bertz CT molecular complexity index is 523. The molecule has 0 radical (unpaired) electrons. The van der Waals surface area contributed by atoms with Crippen LogP contribution in [-0.4, -0.2) is 34.8 Å². The van der Waals surface area contributed by atoms with Crippen LogP contribution in [0.5, 0.6) is 5.75 Å². The number of benzene rings is 1. The van der Waals surface area contributed by atoms with Gasteiger partial charge in [-0.2, -0.15) is 0 Å². The second-order valence-electron chi connectivity index (χ2n) is 5.51. The van der Waals surface area contributed by atoms with E-state index in [1.165, 1.54) is 0 Å². The van der Waals surface area contributed by atoms with Gasteiger partial charge in [-0.1, -0.05) is 27.5 Å². The minimum absolute atomic E-state index is 0.0521. The van der Waals surface area contributed by atoms with Crippen LogP contribution in [0, 0.1) is 0 Å². The number of hydrogen-bond acceptors (Lipinski definition) is 2. The average molecular weight is 359 g/mol. The predicted octanol–water partition coefficient (Wildman–Crippen LogP) is 3.88. The number of nitrogens with zero attached hydrogens (tertiary/aromatic N) is 1. The fourth-order valence-electron chi connectivity index (χ4n) is 3.43. The Morgan fingerprint density at radius 1 is 1.35 bits per heavy atom. The van der Waals surface area contributed by atoms with Gasteiger partial charge in [0.15, 0.2) is 0 Å². The molecule has 0 spiro atoms. The number of ether oxygens (including phenoxy) is 1. The Hall–Kier alpha value is -0.740. The first-order chi connectivity index (χ1) is 9.60. The van der Waals surface area contributed by atoms with Crippen LogP contribution in [0.1, 0.15) is 36.0 Å². The first kappa shape index (κ1) is 14.2. The number of halogens is 2. The van der Waals surface area contributed by atoms with Gasteiger partial charge in [-0.05, 0) is 43.9 Å². The number of alkyl halides is 1. The number of hydrogen-bond donors (Lipinski definition) is 0. The van der Waals surface area contributed by atoms with Crippen molar-refractivity contribution in [3.63, 3.8) is 0 Å². The summed E-state index contributed by atoms with van der Waals surface area (Å²) in [4.78, 5) is 15.5. The Kier molecular flexibility index (Phi) is 3.95. The Morgan fingerprint density at radius 2 is 2.00 bits per heavy atom. The van der Waals surface area contributed by atoms with Crippen molar-refractivity contribution in [3.8, 4) is 5.75 Å². The van der Waals surface area contributed by atoms with Crippen LogP contribution < -0.4 is 4.74 Å². The molecule has 2 aliphatic rings. The molecule has 0 aromatic heterocycles. The smallest absolute Gasteiger partial charge is 0.258 e. The summed E-state index contributed by atoms with van der Waals surface area (Å²) < 4.78 is 5.31. The highest BCUT2D eigenvalue weighted by Crippen LogP contribution is 2.40. The summed E-state index contributed by atoms with van der Waals surface area (Å²) in [5.74, 6) is 0.649. The summed E-state index contributed by atoms with van der Waals surface area (Å²) in [6, 6.07) is 5.90. The van der Waals surface area contributed by atoms with E-state index in [1.807, 2.05) is 4.90 Å². The number of carbonyl (C=O) groups is 1. The molecule has 2 saturated heterocycles. The van der Waals surface area contributed by atoms with Crippen molar-refractivity contribution in [2.24, 2.45) is 0 Å². The number of methoxy groups -OCH3 is 1. The number of amides is 1. The van der Waals surface area contributed by atoms with E-state index in [1.54, 1.807) is 25.3 Å². The normalized spacial score (nSPS) is 28.6. The van der Waals surface area contributed by atoms with E-state index < -0.39 is 0 Å². The van der Waals surface area contributed by atoms with Gasteiger partial charge in [-0.15, -0.1) is 0 Å². The third-order valence-corrected chi connectivity index (χ3v) is 5.28. The molecule has 0 N–H and O–H groups in total. The molecule has 5 heteroatoms. The van der Waals surface area contributed by atoms with E-state index in [4.69, 9.17) is 16.3 Å². The van der Waals surface area contributed by atoms with E-state index in [2.05, 4.69) is 15.9 Å². The molecular formula is C15H17BrClNO2. The van der Waals surface area contributed by atoms with E-state index in [0.29, 0.717) is 33.2 Å². The van der Waals surface area contributed by atoms with Crippen LogP contribution in [0.15, 0.2) is 18.2 Å². The summed E-state index contributed by atoms with van der Waals surface area (Å²) in [5.41, 5.74) is 0.574. The molecule has 2 bridgehead atoms. The van der Waals surface area contributed by atoms with Crippen molar-refractivity contribution >= 4 is 33.4 Å². The maximum atomic E-state index is 12.9. The second-order valence-corrected chi connectivity index (χ2v) is 7.24. The molecule has 108 valence electrons. The van der Waals surface area contributed by atoms with Gasteiger partial charge in [0.2, 0.25) is 0 Å². The van der Waals surface area contributed by atoms with Crippen LogP contribution in [0.2, 0.25) is 5.02 Å². The van der Waals surface area contributed by atoms with Crippen molar-refractivity contribution in [2.45, 2.75) is 42.6 Å². The topological polar surface area (TPSA) is 29.5 Å². The van der Waals surface area contributed by atoms with Gasteiger partial charge in [0.1, 0.15) is 5.75 Å². The van der Waals surface area contributed by atoms with Gasteiger partial charge in [0.05, 0.1) is 12.7 Å². The second kappa shape index (κ2) is 5.57. The first-order valence-electron chi connectivity index (χ1n) is 6.90. The quantitative estimate of drug-likeness (QED) is 0.751. The highest BCUT2D eigenvalue weighted by molar-refractivity contribution is 9.09. The lowest BCUT2D eigenvalue weighted by molar-refractivity contribution is 0.0600. The number of rotatable bonds is 2. The van der Waals surface area contributed by atoms with Crippen molar-refractivity contribution in [2.75, 3.05) is 7.11 Å². The van der Waals surface area contributed by atoms with Crippen molar-refractivity contribution in [3.05, 3.63) is 28.8 Å². The molecule has 1 aromatic carbocycles. The molecule has 20 heavy (non-hydrogen) atoms. The molecule has 2 atom stereocenters. The molecule has 1 amide bonds. The zero-order valence-electron chi connectivity index (χ0n) is 11.3. The van der Waals surface area contributed by atoms with Gasteiger partial charge in [0.25, 0.3) is 5.91 Å². The standard InChI is InChI=1S/C15H17BrClNO2/c1-20-14-5-2-10(17)8-13(14)15(19)18-11-3-4-12(18)7-9(16)6-11/h2,5,8-9,11-12H,3-4,6-7H2,1H3. The number of carbonyl (C=O) groups excluding carboxylic acids is 1. The first-order valence-corrected chi connectivity index (χ1v) is 8.19. The molecule has 0 saturated carbocycles. The molecule has 2 aliphatic heterocycles. The van der Waals surface area contributed by atoms with E-state index in [-0.39, 0.29) is 5.91 Å². The van der Waals surface area contributed by atoms with Gasteiger partial charge >= 0.3 is 0 Å². The van der Waals surface area contributed by atoms with Crippen LogP contribution in [0.3, 0.4) is 0 Å². The maximum Gasteiger partial charge on any atom is 0.258 e. The Balaban J connectivity index is 1.92. The highest BCUT2D eigenvalue weighted by Gasteiger charge is 2.43. The predicted molar refractivity (Wildman–Crippen MR) is 82.9 cm³/mol. The summed E-state index contributed by atoms with van der Waals surface area (Å²) >= 11 is 9.73. The lowest BCUT2D eigenvalue weighted by Crippen LogP contribution is -2.46. The van der Waals surface area contributed by atoms with Crippen LogP contribution in [0.4, 0.5) is 0 Å². The Labute approximate surface area is 132 Å². The third kappa shape index (κ3) is 2.44. The monoisotopic (exact) mass is 357 g/mol. The summed E-state index contributed by atoms with van der Waals surface area (Å²) in [6.45, 7) is 0. The van der Waals surface area contributed by atoms with Crippen LogP contribution in [-0.2, 0) is 0 Å². The van der Waals surface area contributed by atoms with Gasteiger partial charge in [-0.25, -0.2) is 0 Å². The lowest BCUT2D eigenvalue weighted by atomic mass is 10.0. The fraction of sp³-hybridized carbons (Fsp3) is 0.533. The third-order valence-electron chi connectivity index (χ3n) is 4.30. The summed E-state index contributed by atoms with van der Waals surface area (Å²) in [6.07, 6.45) is 4.26. The van der Waals surface area contributed by atoms with Gasteiger partial charge in [-0.3, -0.25) is 4.79 Å². The molecular weight excluding hydrogens is 342 g/mol. The average Bonchev–Trinajstić information content (AvgIpc) is 2.70. The van der Waals surface area contributed by atoms with Crippen LogP contribution >= 0.6 is 27.5 Å². The molecule has 2 heterocycles. The summed E-state index contributed by atoms with van der Waals surface area (Å²) in [7, 11) is 1.58.